The van der Waals surface area contributed by atoms with Crippen LogP contribution in [0.15, 0.2) is 17.1 Å². The number of guanidine groups is 1. The van der Waals surface area contributed by atoms with Crippen molar-refractivity contribution in [2.24, 2.45) is 16.8 Å². The van der Waals surface area contributed by atoms with Crippen LogP contribution in [0.3, 0.4) is 0 Å². The highest BCUT2D eigenvalue weighted by atomic mass is 32.2. The second kappa shape index (κ2) is 7.49. The third-order valence-electron chi connectivity index (χ3n) is 4.46. The van der Waals surface area contributed by atoms with E-state index >= 15 is 0 Å². The zero-order chi connectivity index (χ0) is 16.2. The molecule has 2 aliphatic heterocycles. The minimum Gasteiger partial charge on any atom is -0.356 e. The molecule has 2 fully saturated rings. The smallest absolute Gasteiger partial charge is 0.194 e. The van der Waals surface area contributed by atoms with E-state index in [1.807, 2.05) is 6.92 Å². The molecule has 2 rings (SSSR count). The van der Waals surface area contributed by atoms with Crippen LogP contribution in [0.1, 0.15) is 33.1 Å². The van der Waals surface area contributed by atoms with Crippen LogP contribution in [0.5, 0.6) is 0 Å². The summed E-state index contributed by atoms with van der Waals surface area (Å²) >= 11 is 0. The number of nitrogens with one attached hydrogen (secondary N) is 1. The molecule has 0 aromatic carbocycles. The zero-order valence-electron chi connectivity index (χ0n) is 13.8. The normalized spacial score (nSPS) is 26.2. The summed E-state index contributed by atoms with van der Waals surface area (Å²) in [7, 11) is -2.81. The number of rotatable bonds is 4. The maximum absolute atomic E-state index is 11.6. The van der Waals surface area contributed by atoms with Gasteiger partial charge in [0, 0.05) is 19.6 Å². The fraction of sp³-hybridized carbons (Fsp3) is 0.812. The second-order valence-corrected chi connectivity index (χ2v) is 9.15. The van der Waals surface area contributed by atoms with Crippen LogP contribution in [-0.4, -0.2) is 57.0 Å². The number of aliphatic imine (C=N–C) groups is 1. The minimum atomic E-state index is -2.81. The lowest BCUT2D eigenvalue weighted by Crippen LogP contribution is -2.46. The van der Waals surface area contributed by atoms with Crippen LogP contribution in [0, 0.1) is 11.8 Å². The van der Waals surface area contributed by atoms with Crippen molar-refractivity contribution in [2.45, 2.75) is 33.1 Å². The number of nitrogens with zero attached hydrogens (tertiary/aromatic N) is 2. The maximum Gasteiger partial charge on any atom is 0.194 e. The average Bonchev–Trinajstić information content (AvgIpc) is 2.79. The molecule has 0 aliphatic carbocycles. The first-order valence-corrected chi connectivity index (χ1v) is 10.1. The minimum absolute atomic E-state index is 0.212. The monoisotopic (exact) mass is 327 g/mol. The van der Waals surface area contributed by atoms with Gasteiger partial charge in [0.2, 0.25) is 0 Å². The Balaban J connectivity index is 1.93. The molecule has 2 saturated heterocycles. The number of sulfone groups is 1. The summed E-state index contributed by atoms with van der Waals surface area (Å²) in [6.07, 6.45) is 3.14. The molecular weight excluding hydrogens is 298 g/mol. The standard InChI is InChI=1S/C16H29N3O2S/c1-13(2)10-17-16(19-7-4-14(3)5-8-19)18-11-15-6-9-22(20,21)12-15/h14-15H,1,4-12H2,2-3H3,(H,17,18). The molecule has 0 aromatic rings. The van der Waals surface area contributed by atoms with Gasteiger partial charge in [-0.25, -0.2) is 13.4 Å². The summed E-state index contributed by atoms with van der Waals surface area (Å²) in [5.74, 6) is 2.55. The third-order valence-corrected chi connectivity index (χ3v) is 6.29. The molecule has 0 saturated carbocycles. The molecule has 1 atom stereocenters. The van der Waals surface area contributed by atoms with Crippen LogP contribution in [0.25, 0.3) is 0 Å². The third kappa shape index (κ3) is 5.30. The van der Waals surface area contributed by atoms with E-state index in [1.165, 1.54) is 12.8 Å². The Morgan fingerprint density at radius 3 is 2.55 bits per heavy atom. The molecule has 0 spiro atoms. The lowest BCUT2D eigenvalue weighted by molar-refractivity contribution is 0.272. The van der Waals surface area contributed by atoms with E-state index in [4.69, 9.17) is 0 Å². The molecule has 2 aliphatic rings. The van der Waals surface area contributed by atoms with Gasteiger partial charge in [-0.2, -0.15) is 0 Å². The van der Waals surface area contributed by atoms with Crippen LogP contribution < -0.4 is 5.32 Å². The van der Waals surface area contributed by atoms with E-state index in [-0.39, 0.29) is 5.92 Å². The van der Waals surface area contributed by atoms with Crippen LogP contribution >= 0.6 is 0 Å². The molecule has 6 heteroatoms. The quantitative estimate of drug-likeness (QED) is 0.485. The van der Waals surface area contributed by atoms with Gasteiger partial charge in [0.25, 0.3) is 0 Å². The van der Waals surface area contributed by atoms with Gasteiger partial charge in [-0.05, 0) is 38.0 Å². The molecule has 126 valence electrons. The molecule has 1 unspecified atom stereocenters. The number of hydrogen-bond acceptors (Lipinski definition) is 3. The van der Waals surface area contributed by atoms with E-state index in [2.05, 4.69) is 28.7 Å². The van der Waals surface area contributed by atoms with Crippen molar-refractivity contribution in [3.63, 3.8) is 0 Å². The first-order chi connectivity index (χ1) is 10.4. The predicted octanol–water partition coefficient (Wildman–Crippen LogP) is 1.67. The van der Waals surface area contributed by atoms with Gasteiger partial charge >= 0.3 is 0 Å². The Labute approximate surface area is 134 Å². The Morgan fingerprint density at radius 1 is 1.32 bits per heavy atom. The molecule has 2 heterocycles. The van der Waals surface area contributed by atoms with Gasteiger partial charge in [-0.3, -0.25) is 0 Å². The van der Waals surface area contributed by atoms with Gasteiger partial charge in [-0.15, -0.1) is 0 Å². The van der Waals surface area contributed by atoms with Gasteiger partial charge in [-0.1, -0.05) is 19.1 Å². The van der Waals surface area contributed by atoms with Crippen molar-refractivity contribution >= 4 is 15.8 Å². The van der Waals surface area contributed by atoms with E-state index in [0.29, 0.717) is 24.6 Å². The summed E-state index contributed by atoms with van der Waals surface area (Å²) in [4.78, 5) is 6.95. The topological polar surface area (TPSA) is 61.8 Å². The average molecular weight is 327 g/mol. The number of hydrogen-bond donors (Lipinski definition) is 1. The summed E-state index contributed by atoms with van der Waals surface area (Å²) in [6.45, 7) is 11.5. The van der Waals surface area contributed by atoms with Crippen LogP contribution in [0.2, 0.25) is 0 Å². The Bertz CT molecular complexity index is 520. The highest BCUT2D eigenvalue weighted by Crippen LogP contribution is 2.19. The highest BCUT2D eigenvalue weighted by molar-refractivity contribution is 7.91. The summed E-state index contributed by atoms with van der Waals surface area (Å²) < 4.78 is 23.1. The van der Waals surface area contributed by atoms with Crippen molar-refractivity contribution in [2.75, 3.05) is 37.7 Å². The van der Waals surface area contributed by atoms with Crippen molar-refractivity contribution < 1.29 is 8.42 Å². The second-order valence-electron chi connectivity index (χ2n) is 6.92. The molecule has 5 nitrogen and oxygen atoms in total. The zero-order valence-corrected chi connectivity index (χ0v) is 14.7. The summed E-state index contributed by atoms with van der Waals surface area (Å²) in [5, 5.41) is 3.41. The van der Waals surface area contributed by atoms with Gasteiger partial charge in [0.1, 0.15) is 0 Å². The fourth-order valence-corrected chi connectivity index (χ4v) is 4.83. The number of likely N-dealkylation sites (tertiary alicyclic amines) is 1. The number of piperidine rings is 1. The van der Waals surface area contributed by atoms with E-state index in [9.17, 15) is 8.42 Å². The summed E-state index contributed by atoms with van der Waals surface area (Å²) in [6, 6.07) is 0. The van der Waals surface area contributed by atoms with Crippen LogP contribution in [-0.2, 0) is 9.84 Å². The maximum atomic E-state index is 11.6. The largest absolute Gasteiger partial charge is 0.356 e. The Hall–Kier alpha value is -1.04. The van der Waals surface area contributed by atoms with E-state index in [0.717, 1.165) is 37.0 Å². The van der Waals surface area contributed by atoms with Gasteiger partial charge in [0.15, 0.2) is 15.8 Å². The molecule has 0 radical (unpaired) electrons. The molecule has 22 heavy (non-hydrogen) atoms. The van der Waals surface area contributed by atoms with E-state index < -0.39 is 9.84 Å². The first-order valence-electron chi connectivity index (χ1n) is 8.24. The van der Waals surface area contributed by atoms with Crippen LogP contribution in [0.4, 0.5) is 0 Å². The molecule has 0 amide bonds. The SMILES string of the molecule is C=C(C)CN=C(NCC1CCS(=O)(=O)C1)N1CCC(C)CC1. The van der Waals surface area contributed by atoms with Crippen molar-refractivity contribution in [1.29, 1.82) is 0 Å². The Morgan fingerprint density at radius 2 is 2.00 bits per heavy atom. The molecular formula is C16H29N3O2S. The molecule has 1 N–H and O–H groups in total. The van der Waals surface area contributed by atoms with Crippen molar-refractivity contribution in [3.8, 4) is 0 Å². The van der Waals surface area contributed by atoms with Crippen molar-refractivity contribution in [3.05, 3.63) is 12.2 Å². The first kappa shape index (κ1) is 17.3. The fourth-order valence-electron chi connectivity index (χ4n) is 2.97. The highest BCUT2D eigenvalue weighted by Gasteiger charge is 2.28. The van der Waals surface area contributed by atoms with Gasteiger partial charge in [0.05, 0.1) is 18.1 Å². The Kier molecular flexibility index (Phi) is 5.89. The molecule has 0 bridgehead atoms. The lowest BCUT2D eigenvalue weighted by atomic mass is 9.99. The predicted molar refractivity (Wildman–Crippen MR) is 91.9 cm³/mol. The van der Waals surface area contributed by atoms with E-state index in [1.54, 1.807) is 0 Å². The van der Waals surface area contributed by atoms with Gasteiger partial charge < -0.3 is 10.2 Å². The molecule has 0 aromatic heterocycles. The summed E-state index contributed by atoms with van der Waals surface area (Å²) in [5.41, 5.74) is 1.04. The lowest BCUT2D eigenvalue weighted by Gasteiger charge is -2.33. The van der Waals surface area contributed by atoms with Crippen molar-refractivity contribution in [1.82, 2.24) is 10.2 Å².